The molecule has 0 atom stereocenters. The molecule has 0 aliphatic carbocycles. The number of quaternary nitrogens is 1. The molecule has 0 radical (unpaired) electrons. The maximum atomic E-state index is 2.36. The largest absolute Gasteiger partial charge is 0.324 e. The van der Waals surface area contributed by atoms with Crippen molar-refractivity contribution in [1.82, 2.24) is 0 Å². The van der Waals surface area contributed by atoms with Gasteiger partial charge in [0.2, 0.25) is 0 Å². The second-order valence-electron chi connectivity index (χ2n) is 13.7. The van der Waals surface area contributed by atoms with Gasteiger partial charge in [0.05, 0.1) is 26.2 Å². The summed E-state index contributed by atoms with van der Waals surface area (Å²) in [6, 6.07) is 0. The van der Waals surface area contributed by atoms with Crippen LogP contribution in [-0.2, 0) is 0 Å². The van der Waals surface area contributed by atoms with Gasteiger partial charge in [-0.1, -0.05) is 150 Å². The van der Waals surface area contributed by atoms with Crippen LogP contribution in [0.4, 0.5) is 0 Å². The van der Waals surface area contributed by atoms with E-state index in [0.29, 0.717) is 0 Å². The van der Waals surface area contributed by atoms with Crippen LogP contribution >= 0.6 is 0 Å². The molecule has 216 valence electrons. The van der Waals surface area contributed by atoms with E-state index < -0.39 is 0 Å². The number of hydrogen-bond acceptors (Lipinski definition) is 0. The number of nitrogens with zero attached hydrogens (tertiary/aromatic N) is 1. The molecule has 0 saturated carbocycles. The third-order valence-corrected chi connectivity index (χ3v) is 9.09. The SMILES string of the molecule is CC(C)CCCCCCCCCCCCCCC[N+]1(CCCCCCCCCCC(C)C)CCCC1. The highest BCUT2D eigenvalue weighted by atomic mass is 15.4. The summed E-state index contributed by atoms with van der Waals surface area (Å²) >= 11 is 0. The number of hydrogen-bond donors (Lipinski definition) is 0. The van der Waals surface area contributed by atoms with Gasteiger partial charge in [0.25, 0.3) is 0 Å². The van der Waals surface area contributed by atoms with Crippen LogP contribution in [0.5, 0.6) is 0 Å². The molecule has 1 aliphatic rings. The van der Waals surface area contributed by atoms with Gasteiger partial charge in [-0.25, -0.2) is 0 Å². The van der Waals surface area contributed by atoms with Crippen LogP contribution in [0, 0.1) is 11.8 Å². The lowest BCUT2D eigenvalue weighted by Crippen LogP contribution is -2.46. The highest BCUT2D eigenvalue weighted by Crippen LogP contribution is 2.23. The summed E-state index contributed by atoms with van der Waals surface area (Å²) < 4.78 is 1.49. The van der Waals surface area contributed by atoms with Gasteiger partial charge in [-0.2, -0.15) is 0 Å². The summed E-state index contributed by atoms with van der Waals surface area (Å²) in [4.78, 5) is 0. The summed E-state index contributed by atoms with van der Waals surface area (Å²) in [5.74, 6) is 1.79. The van der Waals surface area contributed by atoms with E-state index in [1.807, 2.05) is 0 Å². The summed E-state index contributed by atoms with van der Waals surface area (Å²) in [5.41, 5.74) is 0. The monoisotopic (exact) mass is 507 g/mol. The minimum Gasteiger partial charge on any atom is -0.324 e. The molecule has 1 heteroatoms. The first-order valence-electron chi connectivity index (χ1n) is 17.4. The molecule has 0 aromatic heterocycles. The van der Waals surface area contributed by atoms with Gasteiger partial charge in [-0.3, -0.25) is 0 Å². The van der Waals surface area contributed by atoms with E-state index in [1.165, 1.54) is 191 Å². The summed E-state index contributed by atoms with van der Waals surface area (Å²) in [6.45, 7) is 15.4. The van der Waals surface area contributed by atoms with E-state index in [2.05, 4.69) is 27.7 Å². The average molecular weight is 507 g/mol. The molecular weight excluding hydrogens is 434 g/mol. The van der Waals surface area contributed by atoms with Crippen molar-refractivity contribution in [3.63, 3.8) is 0 Å². The third kappa shape index (κ3) is 21.0. The molecule has 0 spiro atoms. The molecule has 0 aromatic rings. The van der Waals surface area contributed by atoms with E-state index in [-0.39, 0.29) is 0 Å². The molecule has 1 rings (SSSR count). The van der Waals surface area contributed by atoms with Crippen molar-refractivity contribution < 1.29 is 4.48 Å². The van der Waals surface area contributed by atoms with E-state index >= 15 is 0 Å². The molecule has 0 unspecified atom stereocenters. The zero-order valence-electron chi connectivity index (χ0n) is 26.1. The minimum atomic E-state index is 0.893. The van der Waals surface area contributed by atoms with E-state index in [0.717, 1.165) is 11.8 Å². The average Bonchev–Trinajstić information content (AvgIpc) is 3.31. The van der Waals surface area contributed by atoms with Crippen LogP contribution in [0.3, 0.4) is 0 Å². The quantitative estimate of drug-likeness (QED) is 0.0767. The summed E-state index contributed by atoms with van der Waals surface area (Å²) in [6.07, 6.45) is 37.0. The zero-order chi connectivity index (χ0) is 26.2. The van der Waals surface area contributed by atoms with Gasteiger partial charge < -0.3 is 4.48 Å². The van der Waals surface area contributed by atoms with E-state index in [4.69, 9.17) is 0 Å². The molecule has 1 aliphatic heterocycles. The van der Waals surface area contributed by atoms with Gasteiger partial charge in [-0.05, 0) is 37.5 Å². The van der Waals surface area contributed by atoms with E-state index in [9.17, 15) is 0 Å². The topological polar surface area (TPSA) is 0 Å². The third-order valence-electron chi connectivity index (χ3n) is 9.09. The van der Waals surface area contributed by atoms with Crippen LogP contribution in [-0.4, -0.2) is 30.7 Å². The lowest BCUT2D eigenvalue weighted by atomic mass is 10.0. The Morgan fingerprint density at radius 3 is 0.889 bits per heavy atom. The Kier molecular flexibility index (Phi) is 22.7. The second kappa shape index (κ2) is 24.0. The van der Waals surface area contributed by atoms with Crippen LogP contribution in [0.15, 0.2) is 0 Å². The number of unbranched alkanes of at least 4 members (excludes halogenated alkanes) is 19. The molecule has 0 bridgehead atoms. The lowest BCUT2D eigenvalue weighted by Gasteiger charge is -2.34. The fourth-order valence-electron chi connectivity index (χ4n) is 6.57. The van der Waals surface area contributed by atoms with Crippen LogP contribution in [0.2, 0.25) is 0 Å². The predicted molar refractivity (Wildman–Crippen MR) is 165 cm³/mol. The normalized spacial score (nSPS) is 15.5. The fourth-order valence-corrected chi connectivity index (χ4v) is 6.57. The lowest BCUT2D eigenvalue weighted by molar-refractivity contribution is -0.917. The zero-order valence-corrected chi connectivity index (χ0v) is 26.1. The Bertz CT molecular complexity index is 434. The first kappa shape index (κ1) is 34.0. The standard InChI is InChI=1S/C35H72N/c1-34(2)28-22-18-14-10-8-6-5-7-9-12-16-20-24-30-36(32-26-27-33-36)31-25-21-17-13-11-15-19-23-29-35(3)4/h34-35H,5-33H2,1-4H3/q+1. The van der Waals surface area contributed by atoms with Crippen molar-refractivity contribution in [1.29, 1.82) is 0 Å². The van der Waals surface area contributed by atoms with Gasteiger partial charge in [0.15, 0.2) is 0 Å². The second-order valence-corrected chi connectivity index (χ2v) is 13.7. The Balaban J connectivity index is 1.89. The van der Waals surface area contributed by atoms with Crippen molar-refractivity contribution in [2.75, 3.05) is 26.2 Å². The van der Waals surface area contributed by atoms with Crippen LogP contribution in [0.1, 0.15) is 188 Å². The van der Waals surface area contributed by atoms with Crippen molar-refractivity contribution in [3.05, 3.63) is 0 Å². The number of rotatable bonds is 27. The van der Waals surface area contributed by atoms with Gasteiger partial charge in [0, 0.05) is 12.8 Å². The number of likely N-dealkylation sites (tertiary alicyclic amines) is 1. The Labute approximate surface area is 230 Å². The Hall–Kier alpha value is -0.0400. The molecule has 0 N–H and O–H groups in total. The molecule has 36 heavy (non-hydrogen) atoms. The Morgan fingerprint density at radius 1 is 0.361 bits per heavy atom. The molecule has 1 saturated heterocycles. The van der Waals surface area contributed by atoms with Gasteiger partial charge in [-0.15, -0.1) is 0 Å². The Morgan fingerprint density at radius 2 is 0.611 bits per heavy atom. The first-order chi connectivity index (χ1) is 17.5. The fraction of sp³-hybridized carbons (Fsp3) is 1.00. The van der Waals surface area contributed by atoms with Gasteiger partial charge >= 0.3 is 0 Å². The molecule has 0 aromatic carbocycles. The predicted octanol–water partition coefficient (Wildman–Crippen LogP) is 11.9. The maximum Gasteiger partial charge on any atom is 0.0788 e. The molecule has 1 heterocycles. The van der Waals surface area contributed by atoms with Crippen LogP contribution < -0.4 is 0 Å². The minimum absolute atomic E-state index is 0.893. The molecule has 1 fully saturated rings. The maximum absolute atomic E-state index is 2.36. The van der Waals surface area contributed by atoms with Crippen LogP contribution in [0.25, 0.3) is 0 Å². The van der Waals surface area contributed by atoms with Crippen molar-refractivity contribution in [3.8, 4) is 0 Å². The van der Waals surface area contributed by atoms with Crippen molar-refractivity contribution in [2.24, 2.45) is 11.8 Å². The smallest absolute Gasteiger partial charge is 0.0788 e. The van der Waals surface area contributed by atoms with Crippen molar-refractivity contribution in [2.45, 2.75) is 188 Å². The highest BCUT2D eigenvalue weighted by molar-refractivity contribution is 4.58. The highest BCUT2D eigenvalue weighted by Gasteiger charge is 2.30. The summed E-state index contributed by atoms with van der Waals surface area (Å²) in [5, 5.41) is 0. The van der Waals surface area contributed by atoms with E-state index in [1.54, 1.807) is 0 Å². The first-order valence-corrected chi connectivity index (χ1v) is 17.4. The van der Waals surface area contributed by atoms with Gasteiger partial charge in [0.1, 0.15) is 0 Å². The molecule has 1 nitrogen and oxygen atoms in total. The molecular formula is C35H72N+. The van der Waals surface area contributed by atoms with Crippen molar-refractivity contribution >= 4 is 0 Å². The summed E-state index contributed by atoms with van der Waals surface area (Å²) in [7, 11) is 0. The molecule has 0 amide bonds.